The molecule has 1 aliphatic rings. The third-order valence-electron chi connectivity index (χ3n) is 5.48. The second-order valence-corrected chi connectivity index (χ2v) is 7.04. The van der Waals surface area contributed by atoms with Gasteiger partial charge in [-0.3, -0.25) is 9.69 Å². The van der Waals surface area contributed by atoms with Gasteiger partial charge in [0.15, 0.2) is 0 Å². The van der Waals surface area contributed by atoms with Crippen molar-refractivity contribution in [2.75, 3.05) is 44.2 Å². The van der Waals surface area contributed by atoms with Gasteiger partial charge >= 0.3 is 0 Å². The Hall–Kier alpha value is -1.66. The SMILES string of the molecule is CCC(CC)(CN)C(=O)NC(C)CN1CCN(c2ccccn2)CC1. The van der Waals surface area contributed by atoms with Gasteiger partial charge in [0.2, 0.25) is 5.91 Å². The van der Waals surface area contributed by atoms with Crippen LogP contribution in [0.4, 0.5) is 5.82 Å². The summed E-state index contributed by atoms with van der Waals surface area (Å²) in [5, 5.41) is 3.18. The molecule has 0 aliphatic carbocycles. The van der Waals surface area contributed by atoms with Crippen LogP contribution >= 0.6 is 0 Å². The van der Waals surface area contributed by atoms with Crippen LogP contribution in [0, 0.1) is 5.41 Å². The number of aromatic nitrogens is 1. The van der Waals surface area contributed by atoms with Gasteiger partial charge in [0, 0.05) is 51.5 Å². The summed E-state index contributed by atoms with van der Waals surface area (Å²) in [7, 11) is 0. The topological polar surface area (TPSA) is 74.5 Å². The second kappa shape index (κ2) is 9.15. The van der Waals surface area contributed by atoms with Crippen molar-refractivity contribution < 1.29 is 4.79 Å². The van der Waals surface area contributed by atoms with Crippen LogP contribution in [0.15, 0.2) is 24.4 Å². The lowest BCUT2D eigenvalue weighted by atomic mass is 9.81. The smallest absolute Gasteiger partial charge is 0.227 e. The molecule has 1 saturated heterocycles. The molecule has 1 atom stereocenters. The van der Waals surface area contributed by atoms with Gasteiger partial charge in [0.25, 0.3) is 0 Å². The molecule has 1 aromatic heterocycles. The lowest BCUT2D eigenvalue weighted by molar-refractivity contribution is -0.131. The molecule has 0 radical (unpaired) electrons. The maximum atomic E-state index is 12.6. The quantitative estimate of drug-likeness (QED) is 0.745. The molecule has 1 unspecified atom stereocenters. The molecular formula is C19H33N5O. The minimum atomic E-state index is -0.425. The fourth-order valence-electron chi connectivity index (χ4n) is 3.46. The summed E-state index contributed by atoms with van der Waals surface area (Å²) in [6.45, 7) is 11.3. The zero-order chi connectivity index (χ0) is 18.3. The molecule has 0 spiro atoms. The van der Waals surface area contributed by atoms with E-state index in [1.54, 1.807) is 0 Å². The third-order valence-corrected chi connectivity index (χ3v) is 5.48. The van der Waals surface area contributed by atoms with Crippen molar-refractivity contribution in [3.05, 3.63) is 24.4 Å². The average Bonchev–Trinajstić information content (AvgIpc) is 2.65. The van der Waals surface area contributed by atoms with Gasteiger partial charge in [0.1, 0.15) is 5.82 Å². The Labute approximate surface area is 151 Å². The first kappa shape index (κ1) is 19.7. The number of hydrogen-bond donors (Lipinski definition) is 2. The fraction of sp³-hybridized carbons (Fsp3) is 0.684. The standard InChI is InChI=1S/C19H33N5O/c1-4-19(5-2,15-20)18(25)22-16(3)14-23-10-12-24(13-11-23)17-8-6-7-9-21-17/h6-9,16H,4-5,10-15,20H2,1-3H3,(H,22,25). The Kier molecular flexibility index (Phi) is 7.20. The molecular weight excluding hydrogens is 314 g/mol. The molecule has 2 rings (SSSR count). The zero-order valence-corrected chi connectivity index (χ0v) is 15.9. The Morgan fingerprint density at radius 3 is 2.48 bits per heavy atom. The highest BCUT2D eigenvalue weighted by molar-refractivity contribution is 5.83. The van der Waals surface area contributed by atoms with Crippen molar-refractivity contribution in [3.63, 3.8) is 0 Å². The Balaban J connectivity index is 1.80. The summed E-state index contributed by atoms with van der Waals surface area (Å²) in [6, 6.07) is 6.15. The van der Waals surface area contributed by atoms with Crippen molar-refractivity contribution in [2.45, 2.75) is 39.7 Å². The number of hydrogen-bond acceptors (Lipinski definition) is 5. The Bertz CT molecular complexity index is 516. The van der Waals surface area contributed by atoms with Gasteiger partial charge in [-0.05, 0) is 31.9 Å². The maximum Gasteiger partial charge on any atom is 0.227 e. The fourth-order valence-corrected chi connectivity index (χ4v) is 3.46. The minimum absolute atomic E-state index is 0.0969. The van der Waals surface area contributed by atoms with Crippen LogP contribution in [0.25, 0.3) is 0 Å². The number of carbonyl (C=O) groups excluding carboxylic acids is 1. The number of nitrogens with zero attached hydrogens (tertiary/aromatic N) is 3. The molecule has 1 amide bonds. The molecule has 2 heterocycles. The Morgan fingerprint density at radius 2 is 1.96 bits per heavy atom. The normalized spacial score (nSPS) is 17.4. The van der Waals surface area contributed by atoms with E-state index in [2.05, 4.69) is 33.1 Å². The average molecular weight is 348 g/mol. The predicted octanol–water partition coefficient (Wildman–Crippen LogP) is 1.47. The summed E-state index contributed by atoms with van der Waals surface area (Å²) < 4.78 is 0. The van der Waals surface area contributed by atoms with Crippen molar-refractivity contribution in [3.8, 4) is 0 Å². The van der Waals surface area contributed by atoms with Crippen LogP contribution in [-0.2, 0) is 4.79 Å². The van der Waals surface area contributed by atoms with Gasteiger partial charge in [-0.15, -0.1) is 0 Å². The van der Waals surface area contributed by atoms with Gasteiger partial charge in [-0.25, -0.2) is 4.98 Å². The first-order valence-electron chi connectivity index (χ1n) is 9.44. The van der Waals surface area contributed by atoms with E-state index in [0.717, 1.165) is 51.4 Å². The van der Waals surface area contributed by atoms with Crippen molar-refractivity contribution in [1.29, 1.82) is 0 Å². The van der Waals surface area contributed by atoms with Crippen LogP contribution in [0.2, 0.25) is 0 Å². The summed E-state index contributed by atoms with van der Waals surface area (Å²) >= 11 is 0. The number of nitrogens with two attached hydrogens (primary N) is 1. The lowest BCUT2D eigenvalue weighted by Crippen LogP contribution is -2.53. The van der Waals surface area contributed by atoms with Crippen molar-refractivity contribution in [2.24, 2.45) is 11.1 Å². The van der Waals surface area contributed by atoms with Gasteiger partial charge in [-0.2, -0.15) is 0 Å². The number of anilines is 1. The van der Waals surface area contributed by atoms with Crippen molar-refractivity contribution >= 4 is 11.7 Å². The minimum Gasteiger partial charge on any atom is -0.354 e. The number of rotatable bonds is 8. The van der Waals surface area contributed by atoms with Crippen LogP contribution in [-0.4, -0.2) is 61.1 Å². The maximum absolute atomic E-state index is 12.6. The summed E-state index contributed by atoms with van der Waals surface area (Å²) in [5.74, 6) is 1.14. The lowest BCUT2D eigenvalue weighted by Gasteiger charge is -2.37. The molecule has 1 fully saturated rings. The number of piperazine rings is 1. The molecule has 0 bridgehead atoms. The largest absolute Gasteiger partial charge is 0.354 e. The van der Waals surface area contributed by atoms with E-state index in [9.17, 15) is 4.79 Å². The second-order valence-electron chi connectivity index (χ2n) is 7.04. The van der Waals surface area contributed by atoms with Gasteiger partial charge in [-0.1, -0.05) is 19.9 Å². The third kappa shape index (κ3) is 4.92. The Morgan fingerprint density at radius 1 is 1.28 bits per heavy atom. The molecule has 3 N–H and O–H groups in total. The van der Waals surface area contributed by atoms with Crippen LogP contribution in [0.1, 0.15) is 33.6 Å². The highest BCUT2D eigenvalue weighted by Crippen LogP contribution is 2.25. The van der Waals surface area contributed by atoms with E-state index in [1.807, 2.05) is 32.2 Å². The molecule has 0 aromatic carbocycles. The van der Waals surface area contributed by atoms with Crippen LogP contribution < -0.4 is 16.0 Å². The number of amides is 1. The van der Waals surface area contributed by atoms with E-state index in [4.69, 9.17) is 5.73 Å². The molecule has 1 aromatic rings. The van der Waals surface area contributed by atoms with Crippen LogP contribution in [0.3, 0.4) is 0 Å². The molecule has 6 heteroatoms. The van der Waals surface area contributed by atoms with Gasteiger partial charge in [0.05, 0.1) is 5.41 Å². The van der Waals surface area contributed by atoms with E-state index < -0.39 is 5.41 Å². The molecule has 140 valence electrons. The molecule has 0 saturated carbocycles. The first-order valence-corrected chi connectivity index (χ1v) is 9.44. The molecule has 25 heavy (non-hydrogen) atoms. The highest BCUT2D eigenvalue weighted by Gasteiger charge is 2.34. The number of carbonyl (C=O) groups is 1. The highest BCUT2D eigenvalue weighted by atomic mass is 16.2. The number of nitrogens with one attached hydrogen (secondary N) is 1. The monoisotopic (exact) mass is 347 g/mol. The van der Waals surface area contributed by atoms with Gasteiger partial charge < -0.3 is 16.0 Å². The van der Waals surface area contributed by atoms with Crippen molar-refractivity contribution in [1.82, 2.24) is 15.2 Å². The summed E-state index contributed by atoms with van der Waals surface area (Å²) in [6.07, 6.45) is 3.40. The van der Waals surface area contributed by atoms with E-state index >= 15 is 0 Å². The predicted molar refractivity (Wildman–Crippen MR) is 103 cm³/mol. The van der Waals surface area contributed by atoms with Crippen LogP contribution in [0.5, 0.6) is 0 Å². The molecule has 1 aliphatic heterocycles. The number of pyridine rings is 1. The first-order chi connectivity index (χ1) is 12.0. The van der Waals surface area contributed by atoms with E-state index in [-0.39, 0.29) is 11.9 Å². The summed E-state index contributed by atoms with van der Waals surface area (Å²) in [4.78, 5) is 21.8. The summed E-state index contributed by atoms with van der Waals surface area (Å²) in [5.41, 5.74) is 5.45. The zero-order valence-electron chi connectivity index (χ0n) is 15.9. The molecule has 6 nitrogen and oxygen atoms in total. The van der Waals surface area contributed by atoms with E-state index in [0.29, 0.717) is 6.54 Å². The van der Waals surface area contributed by atoms with E-state index in [1.165, 1.54) is 0 Å².